The average molecular weight is 379 g/mol. The second-order valence-electron chi connectivity index (χ2n) is 7.09. The van der Waals surface area contributed by atoms with Gasteiger partial charge in [0.15, 0.2) is 9.84 Å². The van der Waals surface area contributed by atoms with Crippen LogP contribution in [-0.4, -0.2) is 43.9 Å². The van der Waals surface area contributed by atoms with E-state index < -0.39 is 15.9 Å². The van der Waals surface area contributed by atoms with Gasteiger partial charge in [-0.05, 0) is 37.5 Å². The molecule has 1 aliphatic heterocycles. The first-order chi connectivity index (χ1) is 12.4. The van der Waals surface area contributed by atoms with E-state index in [0.29, 0.717) is 17.7 Å². The van der Waals surface area contributed by atoms with Crippen molar-refractivity contribution in [2.75, 3.05) is 16.8 Å². The summed E-state index contributed by atoms with van der Waals surface area (Å²) >= 11 is 0. The second kappa shape index (κ2) is 8.07. The Morgan fingerprint density at radius 1 is 0.962 bits per heavy atom. The van der Waals surface area contributed by atoms with Crippen molar-refractivity contribution < 1.29 is 18.0 Å². The molecule has 8 heteroatoms. The lowest BCUT2D eigenvalue weighted by Crippen LogP contribution is -2.38. The van der Waals surface area contributed by atoms with Gasteiger partial charge in [0.2, 0.25) is 0 Å². The molecule has 7 nitrogen and oxygen atoms in total. The third kappa shape index (κ3) is 5.20. The van der Waals surface area contributed by atoms with Crippen LogP contribution >= 0.6 is 0 Å². The van der Waals surface area contributed by atoms with Gasteiger partial charge < -0.3 is 16.0 Å². The molecular formula is C18H25N3O4S. The number of carbonyl (C=O) groups excluding carboxylic acids is 2. The average Bonchev–Trinajstić information content (AvgIpc) is 2.94. The number of benzene rings is 1. The summed E-state index contributed by atoms with van der Waals surface area (Å²) in [5, 5.41) is 8.39. The van der Waals surface area contributed by atoms with E-state index in [2.05, 4.69) is 16.0 Å². The highest BCUT2D eigenvalue weighted by Gasteiger charge is 2.28. The van der Waals surface area contributed by atoms with E-state index in [-0.39, 0.29) is 29.5 Å². The quantitative estimate of drug-likeness (QED) is 0.745. The van der Waals surface area contributed by atoms with Gasteiger partial charge in [-0.2, -0.15) is 0 Å². The summed E-state index contributed by atoms with van der Waals surface area (Å²) < 4.78 is 22.9. The van der Waals surface area contributed by atoms with Crippen molar-refractivity contribution in [2.24, 2.45) is 0 Å². The number of hydrogen-bond donors (Lipinski definition) is 3. The lowest BCUT2D eigenvalue weighted by molar-refractivity contribution is 0.0927. The Balaban J connectivity index is 1.54. The number of amides is 3. The van der Waals surface area contributed by atoms with Crippen LogP contribution in [0.5, 0.6) is 0 Å². The fourth-order valence-corrected chi connectivity index (χ4v) is 5.19. The summed E-state index contributed by atoms with van der Waals surface area (Å²) in [4.78, 5) is 24.5. The molecule has 142 valence electrons. The van der Waals surface area contributed by atoms with Crippen LogP contribution in [0.2, 0.25) is 0 Å². The van der Waals surface area contributed by atoms with E-state index in [0.717, 1.165) is 25.7 Å². The van der Waals surface area contributed by atoms with Crippen molar-refractivity contribution >= 4 is 27.5 Å². The van der Waals surface area contributed by atoms with E-state index in [9.17, 15) is 18.0 Å². The predicted molar refractivity (Wildman–Crippen MR) is 100.0 cm³/mol. The molecule has 2 fully saturated rings. The highest BCUT2D eigenvalue weighted by molar-refractivity contribution is 7.91. The first-order valence-corrected chi connectivity index (χ1v) is 10.9. The van der Waals surface area contributed by atoms with Crippen molar-refractivity contribution in [3.63, 3.8) is 0 Å². The summed E-state index contributed by atoms with van der Waals surface area (Å²) in [5.74, 6) is -0.0539. The van der Waals surface area contributed by atoms with Gasteiger partial charge in [-0.15, -0.1) is 0 Å². The van der Waals surface area contributed by atoms with E-state index in [1.807, 2.05) is 0 Å². The van der Waals surface area contributed by atoms with Crippen LogP contribution in [0, 0.1) is 0 Å². The molecule has 3 rings (SSSR count). The summed E-state index contributed by atoms with van der Waals surface area (Å²) in [6.45, 7) is 0. The molecule has 1 saturated heterocycles. The smallest absolute Gasteiger partial charge is 0.319 e. The molecule has 3 amide bonds. The van der Waals surface area contributed by atoms with Crippen LogP contribution in [0.15, 0.2) is 24.3 Å². The van der Waals surface area contributed by atoms with Gasteiger partial charge in [0, 0.05) is 23.3 Å². The van der Waals surface area contributed by atoms with Crippen molar-refractivity contribution in [1.29, 1.82) is 0 Å². The molecule has 1 aromatic carbocycles. The molecule has 0 bridgehead atoms. The van der Waals surface area contributed by atoms with Gasteiger partial charge in [0.25, 0.3) is 5.91 Å². The zero-order valence-electron chi connectivity index (χ0n) is 14.7. The van der Waals surface area contributed by atoms with Gasteiger partial charge >= 0.3 is 6.03 Å². The number of nitrogens with one attached hydrogen (secondary N) is 3. The normalized spacial score (nSPS) is 22.5. The fourth-order valence-electron chi connectivity index (χ4n) is 3.52. The number of anilines is 1. The zero-order chi connectivity index (χ0) is 18.6. The van der Waals surface area contributed by atoms with Crippen molar-refractivity contribution in [3.05, 3.63) is 29.8 Å². The SMILES string of the molecule is O=C(Nc1cccc(C(=O)NC2CCCCC2)c1)N[C@H]1CCS(=O)(=O)C1. The maximum absolute atomic E-state index is 12.4. The Labute approximate surface area is 153 Å². The molecular weight excluding hydrogens is 354 g/mol. The Bertz CT molecular complexity index is 772. The summed E-state index contributed by atoms with van der Waals surface area (Å²) in [5.41, 5.74) is 0.997. The van der Waals surface area contributed by atoms with Crippen LogP contribution in [0.25, 0.3) is 0 Å². The Hall–Kier alpha value is -2.09. The molecule has 26 heavy (non-hydrogen) atoms. The first-order valence-electron chi connectivity index (χ1n) is 9.10. The second-order valence-corrected chi connectivity index (χ2v) is 9.32. The van der Waals surface area contributed by atoms with Crippen LogP contribution < -0.4 is 16.0 Å². The predicted octanol–water partition coefficient (Wildman–Crippen LogP) is 2.06. The minimum Gasteiger partial charge on any atom is -0.349 e. The first kappa shape index (κ1) is 18.7. The maximum Gasteiger partial charge on any atom is 0.319 e. The lowest BCUT2D eigenvalue weighted by Gasteiger charge is -2.22. The Kier molecular flexibility index (Phi) is 5.80. The van der Waals surface area contributed by atoms with Gasteiger partial charge in [-0.25, -0.2) is 13.2 Å². The third-order valence-electron chi connectivity index (χ3n) is 4.89. The van der Waals surface area contributed by atoms with Crippen LogP contribution in [0.1, 0.15) is 48.9 Å². The van der Waals surface area contributed by atoms with Crippen molar-refractivity contribution in [3.8, 4) is 0 Å². The zero-order valence-corrected chi connectivity index (χ0v) is 15.5. The number of carbonyl (C=O) groups is 2. The minimum atomic E-state index is -3.04. The van der Waals surface area contributed by atoms with E-state index in [1.54, 1.807) is 24.3 Å². The number of rotatable bonds is 4. The standard InChI is InChI=1S/C18H25N3O4S/c22-17(19-14-6-2-1-3-7-14)13-5-4-8-15(11-13)20-18(23)21-16-9-10-26(24,25)12-16/h4-5,8,11,14,16H,1-3,6-7,9-10,12H2,(H,19,22)(H2,20,21,23)/t16-/m0/s1. The molecule has 1 atom stereocenters. The lowest BCUT2D eigenvalue weighted by atomic mass is 9.95. The molecule has 2 aliphatic rings. The van der Waals surface area contributed by atoms with E-state index >= 15 is 0 Å². The van der Waals surface area contributed by atoms with Gasteiger partial charge in [0.1, 0.15) is 0 Å². The molecule has 0 radical (unpaired) electrons. The molecule has 3 N–H and O–H groups in total. The molecule has 0 spiro atoms. The fraction of sp³-hybridized carbons (Fsp3) is 0.556. The molecule has 1 aliphatic carbocycles. The number of urea groups is 1. The van der Waals surface area contributed by atoms with Gasteiger partial charge in [-0.3, -0.25) is 4.79 Å². The topological polar surface area (TPSA) is 104 Å². The van der Waals surface area contributed by atoms with Crippen LogP contribution in [0.4, 0.5) is 10.5 Å². The molecule has 1 saturated carbocycles. The summed E-state index contributed by atoms with van der Waals surface area (Å²) in [6, 6.07) is 6.15. The van der Waals surface area contributed by atoms with Crippen molar-refractivity contribution in [2.45, 2.75) is 50.6 Å². The number of hydrogen-bond acceptors (Lipinski definition) is 4. The largest absolute Gasteiger partial charge is 0.349 e. The van der Waals surface area contributed by atoms with E-state index in [4.69, 9.17) is 0 Å². The highest BCUT2D eigenvalue weighted by Crippen LogP contribution is 2.18. The monoisotopic (exact) mass is 379 g/mol. The highest BCUT2D eigenvalue weighted by atomic mass is 32.2. The number of sulfone groups is 1. The van der Waals surface area contributed by atoms with Crippen LogP contribution in [0.3, 0.4) is 0 Å². The molecule has 0 unspecified atom stereocenters. The molecule has 1 aromatic rings. The third-order valence-corrected chi connectivity index (χ3v) is 6.66. The van der Waals surface area contributed by atoms with Gasteiger partial charge in [-0.1, -0.05) is 25.3 Å². The van der Waals surface area contributed by atoms with E-state index in [1.165, 1.54) is 6.42 Å². The van der Waals surface area contributed by atoms with Crippen molar-refractivity contribution in [1.82, 2.24) is 10.6 Å². The van der Waals surface area contributed by atoms with Gasteiger partial charge in [0.05, 0.1) is 11.5 Å². The minimum absolute atomic E-state index is 0.0236. The summed E-state index contributed by atoms with van der Waals surface area (Å²) in [6.07, 6.45) is 5.96. The molecule has 1 heterocycles. The Morgan fingerprint density at radius 3 is 2.42 bits per heavy atom. The molecule has 0 aromatic heterocycles. The summed E-state index contributed by atoms with van der Waals surface area (Å²) in [7, 11) is -3.04. The Morgan fingerprint density at radius 2 is 1.73 bits per heavy atom. The maximum atomic E-state index is 12.4. The van der Waals surface area contributed by atoms with Crippen LogP contribution in [-0.2, 0) is 9.84 Å².